The summed E-state index contributed by atoms with van der Waals surface area (Å²) in [5.41, 5.74) is 6.98. The van der Waals surface area contributed by atoms with Crippen LogP contribution >= 0.6 is 0 Å². The van der Waals surface area contributed by atoms with E-state index in [9.17, 15) is 0 Å². The van der Waals surface area contributed by atoms with E-state index in [1.165, 1.54) is 37.9 Å². The third-order valence-electron chi connectivity index (χ3n) is 2.75. The van der Waals surface area contributed by atoms with E-state index in [4.69, 9.17) is 5.73 Å². The van der Waals surface area contributed by atoms with Gasteiger partial charge in [0.2, 0.25) is 0 Å². The summed E-state index contributed by atoms with van der Waals surface area (Å²) in [7, 11) is 0. The molecule has 0 aromatic heterocycles. The zero-order valence-electron chi connectivity index (χ0n) is 9.91. The molecule has 15 heavy (non-hydrogen) atoms. The van der Waals surface area contributed by atoms with Crippen molar-refractivity contribution in [2.24, 2.45) is 5.73 Å². The summed E-state index contributed by atoms with van der Waals surface area (Å²) >= 11 is 0. The van der Waals surface area contributed by atoms with Crippen LogP contribution in [0.2, 0.25) is 0 Å². The largest absolute Gasteiger partial charge is 0.372 e. The van der Waals surface area contributed by atoms with Crippen molar-refractivity contribution in [3.8, 4) is 0 Å². The Labute approximate surface area is 93.8 Å². The lowest BCUT2D eigenvalue weighted by Crippen LogP contribution is -2.26. The maximum atomic E-state index is 5.57. The fraction of sp³-hybridized carbons (Fsp3) is 0.692. The van der Waals surface area contributed by atoms with E-state index in [0.717, 1.165) is 19.5 Å². The summed E-state index contributed by atoms with van der Waals surface area (Å²) in [5.74, 6) is 0. The molecular weight excluding hydrogens is 184 g/mol. The maximum Gasteiger partial charge on any atom is 0.0322 e. The van der Waals surface area contributed by atoms with E-state index in [2.05, 4.69) is 30.1 Å². The number of nitrogens with zero attached hydrogens (tertiary/aromatic N) is 1. The Morgan fingerprint density at radius 3 is 2.67 bits per heavy atom. The molecule has 0 aromatic carbocycles. The van der Waals surface area contributed by atoms with Crippen molar-refractivity contribution in [3.63, 3.8) is 0 Å². The van der Waals surface area contributed by atoms with Crippen molar-refractivity contribution < 1.29 is 0 Å². The Morgan fingerprint density at radius 2 is 2.07 bits per heavy atom. The second kappa shape index (κ2) is 7.52. The Balaban J connectivity index is 2.46. The van der Waals surface area contributed by atoms with Crippen LogP contribution in [0.15, 0.2) is 23.9 Å². The van der Waals surface area contributed by atoms with Crippen LogP contribution in [0.25, 0.3) is 0 Å². The molecule has 2 nitrogen and oxygen atoms in total. The minimum atomic E-state index is 0.791. The highest BCUT2D eigenvalue weighted by atomic mass is 15.1. The molecule has 0 radical (unpaired) electrons. The molecule has 1 aliphatic carbocycles. The molecule has 0 fully saturated rings. The van der Waals surface area contributed by atoms with Gasteiger partial charge in [-0.1, -0.05) is 25.5 Å². The third-order valence-corrected chi connectivity index (χ3v) is 2.75. The van der Waals surface area contributed by atoms with Crippen molar-refractivity contribution in [2.75, 3.05) is 19.6 Å². The normalized spacial score (nSPS) is 15.2. The second-order valence-corrected chi connectivity index (χ2v) is 4.09. The van der Waals surface area contributed by atoms with Gasteiger partial charge >= 0.3 is 0 Å². The van der Waals surface area contributed by atoms with Crippen LogP contribution in [0.1, 0.15) is 39.0 Å². The highest BCUT2D eigenvalue weighted by molar-refractivity contribution is 5.21. The van der Waals surface area contributed by atoms with Gasteiger partial charge in [0.15, 0.2) is 0 Å². The van der Waals surface area contributed by atoms with Gasteiger partial charge in [0.25, 0.3) is 0 Å². The minimum Gasteiger partial charge on any atom is -0.372 e. The van der Waals surface area contributed by atoms with E-state index in [1.807, 2.05) is 0 Å². The summed E-state index contributed by atoms with van der Waals surface area (Å²) in [6, 6.07) is 0. The van der Waals surface area contributed by atoms with Crippen LogP contribution < -0.4 is 5.73 Å². The minimum absolute atomic E-state index is 0.791. The fourth-order valence-corrected chi connectivity index (χ4v) is 1.84. The molecular formula is C13H24N2. The molecule has 1 rings (SSSR count). The molecule has 0 heterocycles. The monoisotopic (exact) mass is 208 g/mol. The SMILES string of the molecule is CCCCN(CCCN)C1=CCCC=C1. The van der Waals surface area contributed by atoms with Crippen LogP contribution in [-0.4, -0.2) is 24.5 Å². The molecule has 0 spiro atoms. The highest BCUT2D eigenvalue weighted by Crippen LogP contribution is 2.15. The van der Waals surface area contributed by atoms with E-state index in [1.54, 1.807) is 0 Å². The first-order valence-electron chi connectivity index (χ1n) is 6.20. The smallest absolute Gasteiger partial charge is 0.0322 e. The molecule has 0 saturated heterocycles. The number of unbranched alkanes of at least 4 members (excludes halogenated alkanes) is 1. The molecule has 1 aliphatic rings. The van der Waals surface area contributed by atoms with Crippen LogP contribution in [0.5, 0.6) is 0 Å². The predicted octanol–water partition coefficient (Wildman–Crippen LogP) is 2.67. The number of nitrogens with two attached hydrogens (primary N) is 1. The number of rotatable bonds is 7. The highest BCUT2D eigenvalue weighted by Gasteiger charge is 2.07. The zero-order chi connectivity index (χ0) is 10.9. The second-order valence-electron chi connectivity index (χ2n) is 4.09. The van der Waals surface area contributed by atoms with Gasteiger partial charge in [0.05, 0.1) is 0 Å². The number of hydrogen-bond acceptors (Lipinski definition) is 2. The van der Waals surface area contributed by atoms with Crippen LogP contribution in [-0.2, 0) is 0 Å². The lowest BCUT2D eigenvalue weighted by molar-refractivity contribution is 0.341. The van der Waals surface area contributed by atoms with Gasteiger partial charge in [-0.3, -0.25) is 0 Å². The standard InChI is InChI=1S/C13H24N2/c1-2-3-11-15(12-7-10-14)13-8-5-4-6-9-13/h5,8-9H,2-4,6-7,10-12,14H2,1H3. The average molecular weight is 208 g/mol. The van der Waals surface area contributed by atoms with Gasteiger partial charge in [0.1, 0.15) is 0 Å². The summed E-state index contributed by atoms with van der Waals surface area (Å²) in [6.07, 6.45) is 12.9. The van der Waals surface area contributed by atoms with Crippen molar-refractivity contribution in [1.82, 2.24) is 4.90 Å². The Bertz CT molecular complexity index is 211. The van der Waals surface area contributed by atoms with Crippen LogP contribution in [0.4, 0.5) is 0 Å². The number of hydrogen-bond donors (Lipinski definition) is 1. The summed E-state index contributed by atoms with van der Waals surface area (Å²) < 4.78 is 0. The Morgan fingerprint density at radius 1 is 1.27 bits per heavy atom. The van der Waals surface area contributed by atoms with Gasteiger partial charge < -0.3 is 10.6 Å². The lowest BCUT2D eigenvalue weighted by atomic mass is 10.1. The van der Waals surface area contributed by atoms with Crippen molar-refractivity contribution in [2.45, 2.75) is 39.0 Å². The van der Waals surface area contributed by atoms with Crippen molar-refractivity contribution in [1.29, 1.82) is 0 Å². The summed E-state index contributed by atoms with van der Waals surface area (Å²) in [6.45, 7) is 5.31. The van der Waals surface area contributed by atoms with Crippen molar-refractivity contribution in [3.05, 3.63) is 23.9 Å². The summed E-state index contributed by atoms with van der Waals surface area (Å²) in [4.78, 5) is 2.48. The Hall–Kier alpha value is -0.760. The van der Waals surface area contributed by atoms with Gasteiger partial charge in [-0.25, -0.2) is 0 Å². The zero-order valence-corrected chi connectivity index (χ0v) is 9.91. The van der Waals surface area contributed by atoms with Crippen LogP contribution in [0.3, 0.4) is 0 Å². The molecule has 0 unspecified atom stereocenters. The Kier molecular flexibility index (Phi) is 6.17. The molecule has 0 atom stereocenters. The fourth-order valence-electron chi connectivity index (χ4n) is 1.84. The first-order chi connectivity index (χ1) is 7.38. The average Bonchev–Trinajstić information content (AvgIpc) is 2.30. The first kappa shape index (κ1) is 12.3. The molecule has 2 heteroatoms. The molecule has 0 saturated carbocycles. The van der Waals surface area contributed by atoms with Gasteiger partial charge in [-0.2, -0.15) is 0 Å². The van der Waals surface area contributed by atoms with Gasteiger partial charge in [-0.05, 0) is 38.3 Å². The quantitative estimate of drug-likeness (QED) is 0.697. The van der Waals surface area contributed by atoms with E-state index in [-0.39, 0.29) is 0 Å². The molecule has 0 amide bonds. The lowest BCUT2D eigenvalue weighted by Gasteiger charge is -2.27. The van der Waals surface area contributed by atoms with Crippen molar-refractivity contribution >= 4 is 0 Å². The summed E-state index contributed by atoms with van der Waals surface area (Å²) in [5, 5.41) is 0. The predicted molar refractivity (Wildman–Crippen MR) is 66.6 cm³/mol. The molecule has 0 aliphatic heterocycles. The van der Waals surface area contributed by atoms with Crippen LogP contribution in [0, 0.1) is 0 Å². The van der Waals surface area contributed by atoms with Gasteiger partial charge in [-0.15, -0.1) is 0 Å². The third kappa shape index (κ3) is 4.52. The molecule has 0 aromatic rings. The van der Waals surface area contributed by atoms with E-state index >= 15 is 0 Å². The van der Waals surface area contributed by atoms with E-state index < -0.39 is 0 Å². The molecule has 86 valence electrons. The first-order valence-corrected chi connectivity index (χ1v) is 6.20. The van der Waals surface area contributed by atoms with E-state index in [0.29, 0.717) is 0 Å². The molecule has 2 N–H and O–H groups in total. The number of allylic oxidation sites excluding steroid dienone is 3. The molecule has 0 bridgehead atoms. The topological polar surface area (TPSA) is 29.3 Å². The van der Waals surface area contributed by atoms with Gasteiger partial charge in [0, 0.05) is 18.8 Å². The maximum absolute atomic E-state index is 5.57.